The van der Waals surface area contributed by atoms with Gasteiger partial charge >= 0.3 is 5.97 Å². The van der Waals surface area contributed by atoms with Crippen molar-refractivity contribution >= 4 is 5.97 Å². The van der Waals surface area contributed by atoms with E-state index in [1.54, 1.807) is 12.4 Å². The molecule has 108 valence electrons. The number of nitrogens with zero attached hydrogens (tertiary/aromatic N) is 3. The number of hydrogen-bond acceptors (Lipinski definition) is 5. The van der Waals surface area contributed by atoms with E-state index in [-0.39, 0.29) is 5.56 Å². The van der Waals surface area contributed by atoms with Crippen LogP contribution in [-0.2, 0) is 13.1 Å². The number of hydrogen-bond donors (Lipinski definition) is 1. The zero-order valence-corrected chi connectivity index (χ0v) is 11.4. The smallest absolute Gasteiger partial charge is 0.339 e. The van der Waals surface area contributed by atoms with Gasteiger partial charge in [0.15, 0.2) is 0 Å². The lowest BCUT2D eigenvalue weighted by Gasteiger charge is -2.20. The molecule has 0 aliphatic carbocycles. The zero-order valence-electron chi connectivity index (χ0n) is 11.4. The van der Waals surface area contributed by atoms with E-state index in [0.717, 1.165) is 5.56 Å². The molecule has 0 amide bonds. The van der Waals surface area contributed by atoms with E-state index >= 15 is 0 Å². The minimum absolute atomic E-state index is 0.156. The summed E-state index contributed by atoms with van der Waals surface area (Å²) in [7, 11) is 0. The van der Waals surface area contributed by atoms with Crippen LogP contribution in [0.3, 0.4) is 0 Å². The summed E-state index contributed by atoms with van der Waals surface area (Å²) in [6, 6.07) is 7.31. The molecule has 0 bridgehead atoms. The summed E-state index contributed by atoms with van der Waals surface area (Å²) in [5, 5.41) is 17.8. The van der Waals surface area contributed by atoms with Crippen LogP contribution in [0.2, 0.25) is 0 Å². The van der Waals surface area contributed by atoms with Crippen LogP contribution in [-0.4, -0.2) is 27.5 Å². The van der Waals surface area contributed by atoms with E-state index in [4.69, 9.17) is 14.8 Å². The number of carboxylic acids is 1. The topological polar surface area (TPSA) is 90.4 Å². The fourth-order valence-electron chi connectivity index (χ4n) is 2.03. The highest BCUT2D eigenvalue weighted by Gasteiger charge is 2.17. The molecule has 1 N–H and O–H groups in total. The lowest BCUT2D eigenvalue weighted by atomic mass is 10.2. The number of pyridine rings is 1. The van der Waals surface area contributed by atoms with E-state index in [9.17, 15) is 4.79 Å². The van der Waals surface area contributed by atoms with Gasteiger partial charge in [-0.1, -0.05) is 6.07 Å². The van der Waals surface area contributed by atoms with Crippen molar-refractivity contribution in [3.63, 3.8) is 0 Å². The largest absolute Gasteiger partial charge is 0.478 e. The highest BCUT2D eigenvalue weighted by Crippen LogP contribution is 2.15. The highest BCUT2D eigenvalue weighted by molar-refractivity contribution is 5.88. The quantitative estimate of drug-likeness (QED) is 0.839. The zero-order chi connectivity index (χ0) is 15.1. The summed E-state index contributed by atoms with van der Waals surface area (Å²) < 4.78 is 5.25. The fraction of sp³-hybridized carbons (Fsp3) is 0.267. The van der Waals surface area contributed by atoms with Gasteiger partial charge in [0.05, 0.1) is 18.9 Å². The normalized spacial score (nSPS) is 10.5. The minimum atomic E-state index is -1.01. The average Bonchev–Trinajstić information content (AvgIpc) is 2.94. The molecule has 2 heterocycles. The van der Waals surface area contributed by atoms with Crippen molar-refractivity contribution in [3.05, 3.63) is 53.7 Å². The molecule has 2 rings (SSSR count). The van der Waals surface area contributed by atoms with Crippen molar-refractivity contribution in [2.45, 2.75) is 19.5 Å². The van der Waals surface area contributed by atoms with Crippen molar-refractivity contribution in [1.82, 2.24) is 9.88 Å². The van der Waals surface area contributed by atoms with Gasteiger partial charge < -0.3 is 9.52 Å². The first-order valence-corrected chi connectivity index (χ1v) is 6.48. The highest BCUT2D eigenvalue weighted by atomic mass is 16.4. The van der Waals surface area contributed by atoms with Crippen molar-refractivity contribution in [2.24, 2.45) is 0 Å². The third-order valence-electron chi connectivity index (χ3n) is 3.01. The fourth-order valence-corrected chi connectivity index (χ4v) is 2.03. The van der Waals surface area contributed by atoms with Crippen LogP contribution in [0, 0.1) is 11.3 Å². The van der Waals surface area contributed by atoms with Gasteiger partial charge in [0.25, 0.3) is 0 Å². The molecule has 0 atom stereocenters. The molecule has 0 unspecified atom stereocenters. The first-order chi connectivity index (χ1) is 10.2. The molecule has 2 aromatic heterocycles. The van der Waals surface area contributed by atoms with Crippen LogP contribution in [0.4, 0.5) is 0 Å². The number of carboxylic acid groups (broad SMARTS) is 1. The van der Waals surface area contributed by atoms with Crippen LogP contribution in [0.25, 0.3) is 0 Å². The Morgan fingerprint density at radius 2 is 2.29 bits per heavy atom. The SMILES string of the molecule is N#CCCN(Cc1cccnc1)Cc1occc1C(=O)O. The Labute approximate surface area is 122 Å². The van der Waals surface area contributed by atoms with Gasteiger partial charge in [-0.3, -0.25) is 9.88 Å². The Balaban J connectivity index is 2.11. The first kappa shape index (κ1) is 14.8. The van der Waals surface area contributed by atoms with Crippen molar-refractivity contribution < 1.29 is 14.3 Å². The van der Waals surface area contributed by atoms with E-state index in [0.29, 0.717) is 31.8 Å². The number of nitriles is 1. The van der Waals surface area contributed by atoms with Crippen LogP contribution in [0.5, 0.6) is 0 Å². The summed E-state index contributed by atoms with van der Waals surface area (Å²) in [6.45, 7) is 1.45. The van der Waals surface area contributed by atoms with Crippen molar-refractivity contribution in [2.75, 3.05) is 6.54 Å². The number of aromatic carboxylic acids is 1. The summed E-state index contributed by atoms with van der Waals surface area (Å²) in [4.78, 5) is 17.1. The minimum Gasteiger partial charge on any atom is -0.478 e. The van der Waals surface area contributed by atoms with Crippen molar-refractivity contribution in [3.8, 4) is 6.07 Å². The second kappa shape index (κ2) is 7.22. The van der Waals surface area contributed by atoms with Crippen LogP contribution < -0.4 is 0 Å². The number of carbonyl (C=O) groups is 1. The van der Waals surface area contributed by atoms with Gasteiger partial charge in [0, 0.05) is 31.9 Å². The van der Waals surface area contributed by atoms with Crippen LogP contribution in [0.15, 0.2) is 41.3 Å². The third kappa shape index (κ3) is 4.16. The van der Waals surface area contributed by atoms with E-state index in [2.05, 4.69) is 11.1 Å². The predicted octanol–water partition coefficient (Wildman–Crippen LogP) is 2.29. The maximum Gasteiger partial charge on any atom is 0.339 e. The van der Waals surface area contributed by atoms with Gasteiger partial charge in [-0.15, -0.1) is 0 Å². The monoisotopic (exact) mass is 285 g/mol. The summed E-state index contributed by atoms with van der Waals surface area (Å²) in [5.74, 6) is -0.621. The number of rotatable bonds is 7. The molecule has 6 nitrogen and oxygen atoms in total. The average molecular weight is 285 g/mol. The lowest BCUT2D eigenvalue weighted by molar-refractivity contribution is 0.0692. The Hall–Kier alpha value is -2.65. The molecular formula is C15H15N3O3. The number of furan rings is 1. The Morgan fingerprint density at radius 1 is 1.43 bits per heavy atom. The molecule has 0 fully saturated rings. The Morgan fingerprint density at radius 3 is 2.95 bits per heavy atom. The van der Waals surface area contributed by atoms with Gasteiger partial charge in [-0.05, 0) is 17.7 Å². The van der Waals surface area contributed by atoms with Gasteiger partial charge in [0.2, 0.25) is 0 Å². The predicted molar refractivity (Wildman–Crippen MR) is 74.2 cm³/mol. The van der Waals surface area contributed by atoms with E-state index in [1.807, 2.05) is 17.0 Å². The summed E-state index contributed by atoms with van der Waals surface area (Å²) in [5.41, 5.74) is 1.15. The Bertz CT molecular complexity index is 631. The second-order valence-electron chi connectivity index (χ2n) is 4.54. The lowest BCUT2D eigenvalue weighted by Crippen LogP contribution is -2.24. The molecule has 0 aliphatic heterocycles. The van der Waals surface area contributed by atoms with Crippen LogP contribution >= 0.6 is 0 Å². The molecule has 21 heavy (non-hydrogen) atoms. The second-order valence-corrected chi connectivity index (χ2v) is 4.54. The maximum absolute atomic E-state index is 11.1. The van der Waals surface area contributed by atoms with Gasteiger partial charge in [0.1, 0.15) is 11.3 Å². The summed E-state index contributed by atoms with van der Waals surface area (Å²) in [6.07, 6.45) is 5.17. The molecule has 0 saturated heterocycles. The molecule has 0 aliphatic rings. The van der Waals surface area contributed by atoms with E-state index in [1.165, 1.54) is 12.3 Å². The molecule has 0 aromatic carbocycles. The summed E-state index contributed by atoms with van der Waals surface area (Å²) >= 11 is 0. The van der Waals surface area contributed by atoms with Gasteiger partial charge in [-0.25, -0.2) is 4.79 Å². The molecule has 0 spiro atoms. The van der Waals surface area contributed by atoms with E-state index < -0.39 is 5.97 Å². The van der Waals surface area contributed by atoms with Gasteiger partial charge in [-0.2, -0.15) is 5.26 Å². The Kier molecular flexibility index (Phi) is 5.07. The third-order valence-corrected chi connectivity index (χ3v) is 3.01. The molecular weight excluding hydrogens is 270 g/mol. The molecule has 0 saturated carbocycles. The standard InChI is InChI=1S/C15H15N3O3/c16-5-2-7-18(10-12-3-1-6-17-9-12)11-14-13(15(19)20)4-8-21-14/h1,3-4,6,8-9H,2,7,10-11H2,(H,19,20). The molecule has 6 heteroatoms. The molecule has 2 aromatic rings. The van der Waals surface area contributed by atoms with Crippen molar-refractivity contribution in [1.29, 1.82) is 5.26 Å². The number of aromatic nitrogens is 1. The molecule has 0 radical (unpaired) electrons. The van der Waals surface area contributed by atoms with Crippen LogP contribution in [0.1, 0.15) is 28.1 Å². The first-order valence-electron chi connectivity index (χ1n) is 6.48. The maximum atomic E-state index is 11.1.